The van der Waals surface area contributed by atoms with Gasteiger partial charge in [-0.2, -0.15) is 5.10 Å². The summed E-state index contributed by atoms with van der Waals surface area (Å²) in [6.07, 6.45) is 6.76. The SMILES string of the molecule is CC[C@H](C)CNC(=O)c1ccc2c(-c3c(-c4ccccn4)nn4c3CCC4)ccnc2c1. The number of nitrogens with zero attached hydrogens (tertiary/aromatic N) is 4. The van der Waals surface area contributed by atoms with Crippen LogP contribution in [0.2, 0.25) is 0 Å². The summed E-state index contributed by atoms with van der Waals surface area (Å²) in [6, 6.07) is 13.8. The third-order valence-corrected chi connectivity index (χ3v) is 6.33. The molecule has 4 aromatic rings. The first-order valence-corrected chi connectivity index (χ1v) is 11.3. The number of amides is 1. The third kappa shape index (κ3) is 3.66. The Hall–Kier alpha value is -3.54. The van der Waals surface area contributed by atoms with Crippen LogP contribution >= 0.6 is 0 Å². The quantitative estimate of drug-likeness (QED) is 0.478. The Kier molecular flexibility index (Phi) is 5.43. The third-order valence-electron chi connectivity index (χ3n) is 6.33. The molecule has 6 heteroatoms. The van der Waals surface area contributed by atoms with E-state index < -0.39 is 0 Å². The second kappa shape index (κ2) is 8.54. The van der Waals surface area contributed by atoms with Crippen LogP contribution in [0.1, 0.15) is 42.7 Å². The smallest absolute Gasteiger partial charge is 0.251 e. The average molecular weight is 426 g/mol. The van der Waals surface area contributed by atoms with Crippen molar-refractivity contribution in [3.05, 3.63) is 66.1 Å². The molecule has 1 aromatic carbocycles. The molecule has 1 N–H and O–H groups in total. The minimum atomic E-state index is -0.0556. The number of nitrogens with one attached hydrogen (secondary N) is 1. The Morgan fingerprint density at radius 1 is 1.16 bits per heavy atom. The van der Waals surface area contributed by atoms with Gasteiger partial charge >= 0.3 is 0 Å². The molecule has 0 spiro atoms. The highest BCUT2D eigenvalue weighted by atomic mass is 16.1. The van der Waals surface area contributed by atoms with Gasteiger partial charge in [0.2, 0.25) is 0 Å². The number of carbonyl (C=O) groups is 1. The van der Waals surface area contributed by atoms with Gasteiger partial charge in [0, 0.05) is 47.7 Å². The number of aryl methyl sites for hydroxylation is 1. The van der Waals surface area contributed by atoms with Gasteiger partial charge in [-0.25, -0.2) is 0 Å². The maximum atomic E-state index is 12.7. The van der Waals surface area contributed by atoms with Gasteiger partial charge in [0.05, 0.1) is 11.2 Å². The fraction of sp³-hybridized carbons (Fsp3) is 0.308. The van der Waals surface area contributed by atoms with Crippen molar-refractivity contribution in [2.24, 2.45) is 5.92 Å². The number of rotatable bonds is 6. The largest absolute Gasteiger partial charge is 0.352 e. The van der Waals surface area contributed by atoms with Gasteiger partial charge in [-0.1, -0.05) is 32.4 Å². The zero-order chi connectivity index (χ0) is 22.1. The van der Waals surface area contributed by atoms with E-state index in [-0.39, 0.29) is 5.91 Å². The standard InChI is InChI=1S/C26H27N5O/c1-3-17(2)16-29-26(32)18-9-10-19-20(11-13-28-22(19)15-18)24-23-8-6-14-31(23)30-25(24)21-7-4-5-12-27-21/h4-5,7,9-13,15,17H,3,6,8,14,16H2,1-2H3,(H,29,32)/t17-/m0/s1. The summed E-state index contributed by atoms with van der Waals surface area (Å²) in [5.41, 5.74) is 6.68. The van der Waals surface area contributed by atoms with Crippen molar-refractivity contribution in [3.63, 3.8) is 0 Å². The van der Waals surface area contributed by atoms with Gasteiger partial charge in [0.15, 0.2) is 0 Å². The van der Waals surface area contributed by atoms with Gasteiger partial charge in [-0.05, 0) is 54.7 Å². The first-order valence-electron chi connectivity index (χ1n) is 11.3. The Morgan fingerprint density at radius 3 is 2.88 bits per heavy atom. The Labute approximate surface area is 187 Å². The molecule has 1 atom stereocenters. The van der Waals surface area contributed by atoms with E-state index in [1.165, 1.54) is 5.69 Å². The molecule has 0 bridgehead atoms. The first-order chi connectivity index (χ1) is 15.7. The van der Waals surface area contributed by atoms with Crippen LogP contribution in [0.3, 0.4) is 0 Å². The number of benzene rings is 1. The number of carbonyl (C=O) groups excluding carboxylic acids is 1. The van der Waals surface area contributed by atoms with E-state index in [1.54, 1.807) is 6.20 Å². The predicted octanol–water partition coefficient (Wildman–Crippen LogP) is 4.88. The van der Waals surface area contributed by atoms with Crippen molar-refractivity contribution in [1.29, 1.82) is 0 Å². The molecular formula is C26H27N5O. The topological polar surface area (TPSA) is 72.7 Å². The summed E-state index contributed by atoms with van der Waals surface area (Å²) in [6.45, 7) is 5.87. The Bertz CT molecular complexity index is 1280. The number of aromatic nitrogens is 4. The molecule has 1 aliphatic rings. The van der Waals surface area contributed by atoms with E-state index in [0.717, 1.165) is 59.2 Å². The molecule has 5 rings (SSSR count). The van der Waals surface area contributed by atoms with Gasteiger partial charge < -0.3 is 5.32 Å². The molecule has 0 unspecified atom stereocenters. The van der Waals surface area contributed by atoms with Crippen LogP contribution in [0, 0.1) is 5.92 Å². The van der Waals surface area contributed by atoms with E-state index in [2.05, 4.69) is 33.8 Å². The van der Waals surface area contributed by atoms with Crippen molar-refractivity contribution in [1.82, 2.24) is 25.1 Å². The molecule has 6 nitrogen and oxygen atoms in total. The molecule has 0 fully saturated rings. The second-order valence-corrected chi connectivity index (χ2v) is 8.53. The maximum Gasteiger partial charge on any atom is 0.251 e. The lowest BCUT2D eigenvalue weighted by Crippen LogP contribution is -2.28. The highest BCUT2D eigenvalue weighted by Gasteiger charge is 2.25. The summed E-state index contributed by atoms with van der Waals surface area (Å²) in [5, 5.41) is 8.96. The average Bonchev–Trinajstić information content (AvgIpc) is 3.43. The molecule has 162 valence electrons. The summed E-state index contributed by atoms with van der Waals surface area (Å²) in [4.78, 5) is 21.8. The fourth-order valence-corrected chi connectivity index (χ4v) is 4.32. The van der Waals surface area contributed by atoms with E-state index in [9.17, 15) is 4.79 Å². The first kappa shape index (κ1) is 20.4. The van der Waals surface area contributed by atoms with Crippen molar-refractivity contribution in [3.8, 4) is 22.5 Å². The molecule has 4 heterocycles. The molecule has 3 aromatic heterocycles. The van der Waals surface area contributed by atoms with Gasteiger partial charge in [0.25, 0.3) is 5.91 Å². The van der Waals surface area contributed by atoms with Crippen LogP contribution in [0.25, 0.3) is 33.4 Å². The predicted molar refractivity (Wildman–Crippen MR) is 126 cm³/mol. The zero-order valence-corrected chi connectivity index (χ0v) is 18.5. The monoisotopic (exact) mass is 425 g/mol. The normalized spacial score (nSPS) is 13.8. The van der Waals surface area contributed by atoms with Crippen LogP contribution in [0.5, 0.6) is 0 Å². The number of hydrogen-bond donors (Lipinski definition) is 1. The number of pyridine rings is 2. The minimum Gasteiger partial charge on any atom is -0.352 e. The maximum absolute atomic E-state index is 12.7. The zero-order valence-electron chi connectivity index (χ0n) is 18.5. The van der Waals surface area contributed by atoms with Crippen LogP contribution in [-0.4, -0.2) is 32.2 Å². The highest BCUT2D eigenvalue weighted by Crippen LogP contribution is 2.39. The van der Waals surface area contributed by atoms with E-state index in [4.69, 9.17) is 5.10 Å². The lowest BCUT2D eigenvalue weighted by molar-refractivity contribution is 0.0948. The van der Waals surface area contributed by atoms with E-state index >= 15 is 0 Å². The molecule has 32 heavy (non-hydrogen) atoms. The van der Waals surface area contributed by atoms with Gasteiger partial charge in [-0.3, -0.25) is 19.4 Å². The molecule has 0 aliphatic carbocycles. The molecule has 1 amide bonds. The van der Waals surface area contributed by atoms with Crippen LogP contribution < -0.4 is 5.32 Å². The van der Waals surface area contributed by atoms with Gasteiger partial charge in [-0.15, -0.1) is 0 Å². The molecular weight excluding hydrogens is 398 g/mol. The second-order valence-electron chi connectivity index (χ2n) is 8.53. The van der Waals surface area contributed by atoms with Crippen LogP contribution in [0.4, 0.5) is 0 Å². The Balaban J connectivity index is 1.58. The van der Waals surface area contributed by atoms with Crippen molar-refractivity contribution in [2.45, 2.75) is 39.7 Å². The number of hydrogen-bond acceptors (Lipinski definition) is 4. The molecule has 0 radical (unpaired) electrons. The molecule has 1 aliphatic heterocycles. The van der Waals surface area contributed by atoms with E-state index in [0.29, 0.717) is 18.0 Å². The minimum absolute atomic E-state index is 0.0556. The summed E-state index contributed by atoms with van der Waals surface area (Å²) in [5.74, 6) is 0.401. The lowest BCUT2D eigenvalue weighted by atomic mass is 9.96. The summed E-state index contributed by atoms with van der Waals surface area (Å²) < 4.78 is 2.11. The summed E-state index contributed by atoms with van der Waals surface area (Å²) >= 11 is 0. The Morgan fingerprint density at radius 2 is 2.06 bits per heavy atom. The molecule has 0 saturated heterocycles. The van der Waals surface area contributed by atoms with E-state index in [1.807, 2.05) is 48.7 Å². The lowest BCUT2D eigenvalue weighted by Gasteiger charge is -2.12. The molecule has 0 saturated carbocycles. The fourth-order valence-electron chi connectivity index (χ4n) is 4.32. The highest BCUT2D eigenvalue weighted by molar-refractivity contribution is 6.03. The summed E-state index contributed by atoms with van der Waals surface area (Å²) in [7, 11) is 0. The number of fused-ring (bicyclic) bond motifs is 2. The van der Waals surface area contributed by atoms with Crippen molar-refractivity contribution >= 4 is 16.8 Å². The van der Waals surface area contributed by atoms with Crippen molar-refractivity contribution in [2.75, 3.05) is 6.54 Å². The van der Waals surface area contributed by atoms with Gasteiger partial charge in [0.1, 0.15) is 5.69 Å². The van der Waals surface area contributed by atoms with Crippen molar-refractivity contribution < 1.29 is 4.79 Å². The van der Waals surface area contributed by atoms with Crippen LogP contribution in [-0.2, 0) is 13.0 Å². The van der Waals surface area contributed by atoms with Crippen LogP contribution in [0.15, 0.2) is 54.9 Å².